The number of halogens is 1. The summed E-state index contributed by atoms with van der Waals surface area (Å²) in [6, 6.07) is 5.48. The Morgan fingerprint density at radius 3 is 2.93 bits per heavy atom. The first kappa shape index (κ1) is 10.5. The minimum Gasteiger partial charge on any atom is -0.478 e. The van der Waals surface area contributed by atoms with Gasteiger partial charge in [-0.05, 0) is 37.1 Å². The highest BCUT2D eigenvalue weighted by Gasteiger charge is 2.18. The Morgan fingerprint density at radius 2 is 2.33 bits per heavy atom. The zero-order valence-electron chi connectivity index (χ0n) is 8.16. The molecule has 1 aliphatic rings. The zero-order chi connectivity index (χ0) is 10.8. The van der Waals surface area contributed by atoms with Crippen molar-refractivity contribution in [2.75, 3.05) is 6.54 Å². The molecule has 4 heteroatoms. The fraction of sp³-hybridized carbons (Fsp3) is 0.364. The molecule has 15 heavy (non-hydrogen) atoms. The molecule has 0 aromatic heterocycles. The van der Waals surface area contributed by atoms with Crippen LogP contribution in [-0.4, -0.2) is 17.6 Å². The highest BCUT2D eigenvalue weighted by molar-refractivity contribution is 6.33. The van der Waals surface area contributed by atoms with Crippen molar-refractivity contribution in [2.24, 2.45) is 0 Å². The van der Waals surface area contributed by atoms with Crippen LogP contribution in [0, 0.1) is 0 Å². The fourth-order valence-corrected chi connectivity index (χ4v) is 2.09. The summed E-state index contributed by atoms with van der Waals surface area (Å²) in [4.78, 5) is 10.9. The van der Waals surface area contributed by atoms with E-state index in [9.17, 15) is 4.79 Å². The lowest BCUT2D eigenvalue weighted by Crippen LogP contribution is -2.13. The van der Waals surface area contributed by atoms with Crippen molar-refractivity contribution in [1.29, 1.82) is 0 Å². The Balaban J connectivity index is 2.33. The summed E-state index contributed by atoms with van der Waals surface area (Å²) in [7, 11) is 0. The van der Waals surface area contributed by atoms with Crippen molar-refractivity contribution in [1.82, 2.24) is 5.32 Å². The van der Waals surface area contributed by atoms with E-state index in [4.69, 9.17) is 16.7 Å². The van der Waals surface area contributed by atoms with Gasteiger partial charge in [-0.25, -0.2) is 4.79 Å². The number of carboxylic acids is 1. The van der Waals surface area contributed by atoms with Gasteiger partial charge in [0, 0.05) is 6.04 Å². The molecule has 1 heterocycles. The monoisotopic (exact) mass is 225 g/mol. The highest BCUT2D eigenvalue weighted by Crippen LogP contribution is 2.26. The molecule has 0 amide bonds. The number of hydrogen-bond donors (Lipinski definition) is 2. The predicted molar refractivity (Wildman–Crippen MR) is 58.4 cm³/mol. The summed E-state index contributed by atoms with van der Waals surface area (Å²) in [6.45, 7) is 0.996. The second-order valence-corrected chi connectivity index (χ2v) is 4.10. The summed E-state index contributed by atoms with van der Waals surface area (Å²) in [5.74, 6) is -0.972. The lowest BCUT2D eigenvalue weighted by atomic mass is 10.0. The summed E-state index contributed by atoms with van der Waals surface area (Å²) in [5, 5.41) is 12.5. The number of carbonyl (C=O) groups is 1. The van der Waals surface area contributed by atoms with Crippen molar-refractivity contribution in [3.05, 3.63) is 34.3 Å². The normalized spacial score (nSPS) is 20.5. The summed E-state index contributed by atoms with van der Waals surface area (Å²) >= 11 is 5.80. The van der Waals surface area contributed by atoms with Gasteiger partial charge in [-0.2, -0.15) is 0 Å². The molecule has 1 atom stereocenters. The van der Waals surface area contributed by atoms with Crippen LogP contribution in [0.2, 0.25) is 5.02 Å². The lowest BCUT2D eigenvalue weighted by molar-refractivity contribution is 0.0697. The quantitative estimate of drug-likeness (QED) is 0.813. The van der Waals surface area contributed by atoms with Crippen molar-refractivity contribution >= 4 is 17.6 Å². The largest absolute Gasteiger partial charge is 0.478 e. The Bertz CT molecular complexity index is 386. The minimum absolute atomic E-state index is 0.183. The third kappa shape index (κ3) is 2.13. The Kier molecular flexibility index (Phi) is 2.93. The average Bonchev–Trinajstić information content (AvgIpc) is 2.71. The van der Waals surface area contributed by atoms with Gasteiger partial charge in [0.15, 0.2) is 0 Å². The van der Waals surface area contributed by atoms with E-state index in [0.717, 1.165) is 24.9 Å². The molecule has 0 bridgehead atoms. The first-order valence-electron chi connectivity index (χ1n) is 4.94. The standard InChI is InChI=1S/C11H12ClNO2/c12-9-4-3-7(6-8(9)11(14)15)10-2-1-5-13-10/h3-4,6,10,13H,1-2,5H2,(H,14,15)/t10-/m0/s1. The van der Waals surface area contributed by atoms with Crippen LogP contribution >= 0.6 is 11.6 Å². The van der Waals surface area contributed by atoms with Crippen LogP contribution in [0.15, 0.2) is 18.2 Å². The number of benzene rings is 1. The second-order valence-electron chi connectivity index (χ2n) is 3.69. The summed E-state index contributed by atoms with van der Waals surface area (Å²) in [6.07, 6.45) is 2.19. The number of aromatic carboxylic acids is 1. The number of carboxylic acid groups (broad SMARTS) is 1. The van der Waals surface area contributed by atoms with Crippen LogP contribution in [-0.2, 0) is 0 Å². The van der Waals surface area contributed by atoms with Gasteiger partial charge in [0.1, 0.15) is 0 Å². The lowest BCUT2D eigenvalue weighted by Gasteiger charge is -2.11. The molecule has 1 aromatic rings. The van der Waals surface area contributed by atoms with Crippen molar-refractivity contribution in [3.63, 3.8) is 0 Å². The van der Waals surface area contributed by atoms with Gasteiger partial charge >= 0.3 is 5.97 Å². The molecule has 0 unspecified atom stereocenters. The van der Waals surface area contributed by atoms with E-state index in [0.29, 0.717) is 5.02 Å². The minimum atomic E-state index is -0.972. The van der Waals surface area contributed by atoms with E-state index in [1.54, 1.807) is 12.1 Å². The van der Waals surface area contributed by atoms with Crippen LogP contribution in [0.25, 0.3) is 0 Å². The van der Waals surface area contributed by atoms with Gasteiger partial charge < -0.3 is 10.4 Å². The smallest absolute Gasteiger partial charge is 0.337 e. The molecule has 0 aliphatic carbocycles. The molecule has 1 aromatic carbocycles. The van der Waals surface area contributed by atoms with Gasteiger partial charge in [0.25, 0.3) is 0 Å². The fourth-order valence-electron chi connectivity index (χ4n) is 1.89. The molecule has 1 saturated heterocycles. The molecular weight excluding hydrogens is 214 g/mol. The first-order chi connectivity index (χ1) is 7.18. The van der Waals surface area contributed by atoms with Gasteiger partial charge in [-0.1, -0.05) is 17.7 Å². The SMILES string of the molecule is O=C(O)c1cc([C@@H]2CCCN2)ccc1Cl. The summed E-state index contributed by atoms with van der Waals surface area (Å²) in [5.41, 5.74) is 1.19. The van der Waals surface area contributed by atoms with E-state index >= 15 is 0 Å². The second kappa shape index (κ2) is 4.21. The predicted octanol–water partition coefficient (Wildman–Crippen LogP) is 2.46. The molecule has 1 fully saturated rings. The van der Waals surface area contributed by atoms with Crippen LogP contribution in [0.4, 0.5) is 0 Å². The molecule has 3 nitrogen and oxygen atoms in total. The van der Waals surface area contributed by atoms with E-state index in [1.807, 2.05) is 6.07 Å². The van der Waals surface area contributed by atoms with Crippen LogP contribution in [0.1, 0.15) is 34.8 Å². The molecule has 0 radical (unpaired) electrons. The van der Waals surface area contributed by atoms with Crippen molar-refractivity contribution in [2.45, 2.75) is 18.9 Å². The molecule has 2 N–H and O–H groups in total. The third-order valence-electron chi connectivity index (χ3n) is 2.68. The maximum atomic E-state index is 10.9. The Hall–Kier alpha value is -1.06. The first-order valence-corrected chi connectivity index (χ1v) is 5.32. The number of hydrogen-bond acceptors (Lipinski definition) is 2. The van der Waals surface area contributed by atoms with Gasteiger partial charge in [-0.15, -0.1) is 0 Å². The Morgan fingerprint density at radius 1 is 1.53 bits per heavy atom. The molecule has 80 valence electrons. The van der Waals surface area contributed by atoms with Crippen molar-refractivity contribution in [3.8, 4) is 0 Å². The van der Waals surface area contributed by atoms with Gasteiger partial charge in [0.05, 0.1) is 10.6 Å². The molecule has 1 aliphatic heterocycles. The van der Waals surface area contributed by atoms with Gasteiger partial charge in [-0.3, -0.25) is 0 Å². The molecule has 2 rings (SSSR count). The molecule has 0 saturated carbocycles. The maximum absolute atomic E-state index is 10.9. The van der Waals surface area contributed by atoms with Crippen LogP contribution < -0.4 is 5.32 Å². The number of rotatable bonds is 2. The average molecular weight is 226 g/mol. The topological polar surface area (TPSA) is 49.3 Å². The number of nitrogens with one attached hydrogen (secondary N) is 1. The summed E-state index contributed by atoms with van der Waals surface area (Å²) < 4.78 is 0. The van der Waals surface area contributed by atoms with E-state index in [-0.39, 0.29) is 11.6 Å². The van der Waals surface area contributed by atoms with E-state index in [2.05, 4.69) is 5.32 Å². The van der Waals surface area contributed by atoms with Gasteiger partial charge in [0.2, 0.25) is 0 Å². The molecule has 0 spiro atoms. The van der Waals surface area contributed by atoms with E-state index < -0.39 is 5.97 Å². The van der Waals surface area contributed by atoms with Crippen LogP contribution in [0.3, 0.4) is 0 Å². The van der Waals surface area contributed by atoms with Crippen LogP contribution in [0.5, 0.6) is 0 Å². The maximum Gasteiger partial charge on any atom is 0.337 e. The van der Waals surface area contributed by atoms with E-state index in [1.165, 1.54) is 0 Å². The van der Waals surface area contributed by atoms with Crippen molar-refractivity contribution < 1.29 is 9.90 Å². The third-order valence-corrected chi connectivity index (χ3v) is 3.01. The molecular formula is C11H12ClNO2. The highest BCUT2D eigenvalue weighted by atomic mass is 35.5. The zero-order valence-corrected chi connectivity index (χ0v) is 8.92. The Labute approximate surface area is 93.1 Å².